The van der Waals surface area contributed by atoms with Crippen LogP contribution in [0.2, 0.25) is 0 Å². The van der Waals surface area contributed by atoms with Crippen LogP contribution in [0.25, 0.3) is 11.1 Å². The molecule has 0 saturated carbocycles. The largest absolute Gasteiger partial charge is 0.508 e. The number of benzene rings is 2. The summed E-state index contributed by atoms with van der Waals surface area (Å²) in [5.74, 6) is -1.66. The lowest BCUT2D eigenvalue weighted by atomic mass is 9.98. The van der Waals surface area contributed by atoms with Crippen molar-refractivity contribution < 1.29 is 24.1 Å². The molecule has 5 heteroatoms. The van der Waals surface area contributed by atoms with Crippen LogP contribution in [0.1, 0.15) is 10.4 Å². The SMILES string of the molecule is COc1ccc(C(=O)O)c(-c2ccc(O)cc2F)c1. The topological polar surface area (TPSA) is 66.8 Å². The van der Waals surface area contributed by atoms with Crippen molar-refractivity contribution in [3.8, 4) is 22.6 Å². The summed E-state index contributed by atoms with van der Waals surface area (Å²) in [7, 11) is 1.44. The van der Waals surface area contributed by atoms with Gasteiger partial charge < -0.3 is 14.9 Å². The second kappa shape index (κ2) is 4.97. The summed E-state index contributed by atoms with van der Waals surface area (Å²) in [4.78, 5) is 11.2. The first-order chi connectivity index (χ1) is 9.02. The standard InChI is InChI=1S/C14H11FO4/c1-19-9-3-5-11(14(17)18)12(7-9)10-4-2-8(16)6-13(10)15/h2-7,16H,1H3,(H,17,18). The van der Waals surface area contributed by atoms with Gasteiger partial charge in [-0.2, -0.15) is 0 Å². The minimum atomic E-state index is -1.16. The van der Waals surface area contributed by atoms with E-state index in [9.17, 15) is 14.3 Å². The van der Waals surface area contributed by atoms with Crippen LogP contribution in [0.3, 0.4) is 0 Å². The summed E-state index contributed by atoms with van der Waals surface area (Å²) in [5.41, 5.74) is 0.254. The summed E-state index contributed by atoms with van der Waals surface area (Å²) in [6.07, 6.45) is 0. The van der Waals surface area contributed by atoms with Crippen molar-refractivity contribution in [2.24, 2.45) is 0 Å². The lowest BCUT2D eigenvalue weighted by Crippen LogP contribution is -2.01. The number of rotatable bonds is 3. The molecule has 0 fully saturated rings. The van der Waals surface area contributed by atoms with Crippen LogP contribution in [-0.4, -0.2) is 23.3 Å². The molecule has 0 aliphatic carbocycles. The summed E-state index contributed by atoms with van der Waals surface area (Å²) in [5, 5.41) is 18.3. The molecule has 0 spiro atoms. The van der Waals surface area contributed by atoms with Crippen molar-refractivity contribution in [3.63, 3.8) is 0 Å². The highest BCUT2D eigenvalue weighted by atomic mass is 19.1. The van der Waals surface area contributed by atoms with E-state index in [1.807, 2.05) is 0 Å². The minimum absolute atomic E-state index is 0.0367. The first-order valence-electron chi connectivity index (χ1n) is 5.43. The van der Waals surface area contributed by atoms with Crippen molar-refractivity contribution in [2.75, 3.05) is 7.11 Å². The normalized spacial score (nSPS) is 10.2. The molecule has 2 aromatic rings. The molecule has 0 bridgehead atoms. The zero-order valence-corrected chi connectivity index (χ0v) is 10.1. The molecule has 0 aromatic heterocycles. The van der Waals surface area contributed by atoms with Gasteiger partial charge in [-0.3, -0.25) is 0 Å². The van der Waals surface area contributed by atoms with Gasteiger partial charge >= 0.3 is 5.97 Å². The smallest absolute Gasteiger partial charge is 0.336 e. The fraction of sp³-hybridized carbons (Fsp3) is 0.0714. The lowest BCUT2D eigenvalue weighted by molar-refractivity contribution is 0.0697. The summed E-state index contributed by atoms with van der Waals surface area (Å²) in [6.45, 7) is 0. The first kappa shape index (κ1) is 12.9. The van der Waals surface area contributed by atoms with Crippen molar-refractivity contribution in [3.05, 3.63) is 47.8 Å². The van der Waals surface area contributed by atoms with Crippen LogP contribution in [-0.2, 0) is 0 Å². The second-order valence-corrected chi connectivity index (χ2v) is 3.88. The molecule has 4 nitrogen and oxygen atoms in total. The molecule has 0 atom stereocenters. The number of ether oxygens (including phenoxy) is 1. The maximum Gasteiger partial charge on any atom is 0.336 e. The van der Waals surface area contributed by atoms with Crippen molar-refractivity contribution in [1.29, 1.82) is 0 Å². The molecule has 0 heterocycles. The van der Waals surface area contributed by atoms with Gasteiger partial charge in [0.05, 0.1) is 12.7 Å². The monoisotopic (exact) mass is 262 g/mol. The molecule has 0 amide bonds. The van der Waals surface area contributed by atoms with E-state index in [2.05, 4.69) is 0 Å². The van der Waals surface area contributed by atoms with Crippen molar-refractivity contribution in [2.45, 2.75) is 0 Å². The Kier molecular flexibility index (Phi) is 3.37. The Morgan fingerprint density at radius 3 is 2.47 bits per heavy atom. The zero-order chi connectivity index (χ0) is 14.0. The Labute approximate surface area is 108 Å². The maximum atomic E-state index is 13.8. The van der Waals surface area contributed by atoms with Gasteiger partial charge in [-0.25, -0.2) is 9.18 Å². The number of aromatic hydroxyl groups is 1. The Bertz CT molecular complexity index is 637. The number of phenols is 1. The highest BCUT2D eigenvalue weighted by Crippen LogP contribution is 2.31. The number of carboxylic acid groups (broad SMARTS) is 1. The van der Waals surface area contributed by atoms with E-state index in [-0.39, 0.29) is 22.4 Å². The van der Waals surface area contributed by atoms with Gasteiger partial charge in [0, 0.05) is 17.2 Å². The Hall–Kier alpha value is -2.56. The molecule has 0 radical (unpaired) electrons. The van der Waals surface area contributed by atoms with Gasteiger partial charge in [0.25, 0.3) is 0 Å². The minimum Gasteiger partial charge on any atom is -0.508 e. The van der Waals surface area contributed by atoms with Crippen LogP contribution >= 0.6 is 0 Å². The average Bonchev–Trinajstić information content (AvgIpc) is 2.38. The summed E-state index contributed by atoms with van der Waals surface area (Å²) < 4.78 is 18.8. The molecule has 2 aromatic carbocycles. The van der Waals surface area contributed by atoms with Crippen LogP contribution in [0, 0.1) is 5.82 Å². The third-order valence-electron chi connectivity index (χ3n) is 2.70. The van der Waals surface area contributed by atoms with E-state index in [0.717, 1.165) is 6.07 Å². The van der Waals surface area contributed by atoms with E-state index < -0.39 is 11.8 Å². The van der Waals surface area contributed by atoms with Crippen LogP contribution < -0.4 is 4.74 Å². The molecular formula is C14H11FO4. The Morgan fingerprint density at radius 1 is 1.16 bits per heavy atom. The number of carboxylic acids is 1. The van der Waals surface area contributed by atoms with Crippen LogP contribution in [0.15, 0.2) is 36.4 Å². The van der Waals surface area contributed by atoms with E-state index >= 15 is 0 Å². The predicted octanol–water partition coefficient (Wildman–Crippen LogP) is 2.91. The van der Waals surface area contributed by atoms with Crippen LogP contribution in [0.5, 0.6) is 11.5 Å². The van der Waals surface area contributed by atoms with Gasteiger partial charge in [-0.15, -0.1) is 0 Å². The van der Waals surface area contributed by atoms with Crippen LogP contribution in [0.4, 0.5) is 4.39 Å². The molecule has 0 unspecified atom stereocenters. The number of phenolic OH excluding ortho intramolecular Hbond substituents is 1. The summed E-state index contributed by atoms with van der Waals surface area (Å²) >= 11 is 0. The van der Waals surface area contributed by atoms with Gasteiger partial charge in [-0.05, 0) is 30.3 Å². The fourth-order valence-electron chi connectivity index (χ4n) is 1.78. The van der Waals surface area contributed by atoms with E-state index in [0.29, 0.717) is 5.75 Å². The highest BCUT2D eigenvalue weighted by molar-refractivity contribution is 5.96. The van der Waals surface area contributed by atoms with E-state index in [4.69, 9.17) is 9.84 Å². The molecule has 0 aliphatic rings. The quantitative estimate of drug-likeness (QED) is 0.892. The fourth-order valence-corrected chi connectivity index (χ4v) is 1.78. The maximum absolute atomic E-state index is 13.8. The van der Waals surface area contributed by atoms with Gasteiger partial charge in [0.15, 0.2) is 0 Å². The highest BCUT2D eigenvalue weighted by Gasteiger charge is 2.16. The molecular weight excluding hydrogens is 251 g/mol. The second-order valence-electron chi connectivity index (χ2n) is 3.88. The van der Waals surface area contributed by atoms with Gasteiger partial charge in [-0.1, -0.05) is 0 Å². The average molecular weight is 262 g/mol. The third kappa shape index (κ3) is 2.49. The third-order valence-corrected chi connectivity index (χ3v) is 2.70. The van der Waals surface area contributed by atoms with Gasteiger partial charge in [0.2, 0.25) is 0 Å². The van der Waals surface area contributed by atoms with Gasteiger partial charge in [0.1, 0.15) is 17.3 Å². The lowest BCUT2D eigenvalue weighted by Gasteiger charge is -2.10. The number of aromatic carboxylic acids is 1. The first-order valence-corrected chi connectivity index (χ1v) is 5.43. The number of carbonyl (C=O) groups is 1. The molecule has 2 rings (SSSR count). The Morgan fingerprint density at radius 2 is 1.89 bits per heavy atom. The van der Waals surface area contributed by atoms with Crippen molar-refractivity contribution in [1.82, 2.24) is 0 Å². The van der Waals surface area contributed by atoms with Crippen molar-refractivity contribution >= 4 is 5.97 Å². The zero-order valence-electron chi connectivity index (χ0n) is 10.1. The predicted molar refractivity (Wildman–Crippen MR) is 67.0 cm³/mol. The van der Waals surface area contributed by atoms with E-state index in [1.54, 1.807) is 0 Å². The molecule has 2 N–H and O–H groups in total. The number of halogens is 1. The Balaban J connectivity index is 2.68. The number of methoxy groups -OCH3 is 1. The molecule has 98 valence electrons. The summed E-state index contributed by atoms with van der Waals surface area (Å²) in [6, 6.07) is 7.84. The number of hydrogen-bond donors (Lipinski definition) is 2. The number of hydrogen-bond acceptors (Lipinski definition) is 3. The molecule has 0 saturated heterocycles. The molecule has 19 heavy (non-hydrogen) atoms. The molecule has 0 aliphatic heterocycles. The van der Waals surface area contributed by atoms with E-state index in [1.165, 1.54) is 37.4 Å².